The van der Waals surface area contributed by atoms with E-state index in [-0.39, 0.29) is 5.91 Å². The van der Waals surface area contributed by atoms with Crippen molar-refractivity contribution in [1.82, 2.24) is 5.32 Å². The van der Waals surface area contributed by atoms with E-state index in [9.17, 15) is 4.79 Å². The number of thioether (sulfide) groups is 1. The Balaban J connectivity index is 2.05. The molecule has 4 heteroatoms. The standard InChI is InChI=1S/C15H22N2OS/c1-10-4-5-11(2)13(8-10)19-9-15(3,14(16)18)17-12-6-7-12/h4-5,8,12,17H,6-7,9H2,1-3H3,(H2,16,18). The zero-order valence-corrected chi connectivity index (χ0v) is 12.6. The van der Waals surface area contributed by atoms with Gasteiger partial charge in [0.25, 0.3) is 0 Å². The second-order valence-electron chi connectivity index (χ2n) is 5.67. The van der Waals surface area contributed by atoms with E-state index in [4.69, 9.17) is 5.73 Å². The van der Waals surface area contributed by atoms with Crippen molar-refractivity contribution < 1.29 is 4.79 Å². The molecule has 19 heavy (non-hydrogen) atoms. The van der Waals surface area contributed by atoms with Crippen LogP contribution in [-0.2, 0) is 4.79 Å². The number of benzene rings is 1. The van der Waals surface area contributed by atoms with Crippen LogP contribution in [0.1, 0.15) is 30.9 Å². The Bertz CT molecular complexity index is 485. The van der Waals surface area contributed by atoms with Crippen LogP contribution in [0.5, 0.6) is 0 Å². The second kappa shape index (κ2) is 5.55. The minimum absolute atomic E-state index is 0.266. The van der Waals surface area contributed by atoms with E-state index in [2.05, 4.69) is 37.4 Å². The molecular formula is C15H22N2OS. The second-order valence-corrected chi connectivity index (χ2v) is 6.69. The summed E-state index contributed by atoms with van der Waals surface area (Å²) in [6.07, 6.45) is 2.30. The van der Waals surface area contributed by atoms with Crippen molar-refractivity contribution in [3.05, 3.63) is 29.3 Å². The van der Waals surface area contributed by atoms with Gasteiger partial charge >= 0.3 is 0 Å². The average molecular weight is 278 g/mol. The highest BCUT2D eigenvalue weighted by molar-refractivity contribution is 7.99. The van der Waals surface area contributed by atoms with Gasteiger partial charge in [-0.2, -0.15) is 0 Å². The number of hydrogen-bond acceptors (Lipinski definition) is 3. The molecule has 1 atom stereocenters. The van der Waals surface area contributed by atoms with Crippen molar-refractivity contribution in [1.29, 1.82) is 0 Å². The Labute approximate surface area is 119 Å². The lowest BCUT2D eigenvalue weighted by Gasteiger charge is -2.27. The third-order valence-corrected chi connectivity index (χ3v) is 4.98. The number of carbonyl (C=O) groups is 1. The van der Waals surface area contributed by atoms with Crippen LogP contribution < -0.4 is 11.1 Å². The largest absolute Gasteiger partial charge is 0.368 e. The van der Waals surface area contributed by atoms with E-state index >= 15 is 0 Å². The summed E-state index contributed by atoms with van der Waals surface area (Å²) in [7, 11) is 0. The number of amides is 1. The lowest BCUT2D eigenvalue weighted by atomic mass is 10.1. The average Bonchev–Trinajstić information content (AvgIpc) is 3.14. The topological polar surface area (TPSA) is 55.1 Å². The molecule has 0 spiro atoms. The maximum atomic E-state index is 11.7. The van der Waals surface area contributed by atoms with Gasteiger partial charge in [-0.05, 0) is 45.2 Å². The van der Waals surface area contributed by atoms with Crippen molar-refractivity contribution >= 4 is 17.7 Å². The molecule has 1 unspecified atom stereocenters. The van der Waals surface area contributed by atoms with Crippen LogP contribution >= 0.6 is 11.8 Å². The van der Waals surface area contributed by atoms with Crippen molar-refractivity contribution in [3.8, 4) is 0 Å². The molecule has 1 saturated carbocycles. The third kappa shape index (κ3) is 3.74. The van der Waals surface area contributed by atoms with E-state index in [1.54, 1.807) is 11.8 Å². The Morgan fingerprint density at radius 2 is 2.16 bits per heavy atom. The van der Waals surface area contributed by atoms with E-state index in [1.807, 2.05) is 6.92 Å². The molecule has 1 aliphatic carbocycles. The number of nitrogens with one attached hydrogen (secondary N) is 1. The number of hydrogen-bond donors (Lipinski definition) is 2. The molecule has 0 saturated heterocycles. The summed E-state index contributed by atoms with van der Waals surface area (Å²) in [5, 5.41) is 3.38. The lowest BCUT2D eigenvalue weighted by Crippen LogP contribution is -2.55. The van der Waals surface area contributed by atoms with Crippen LogP contribution in [0, 0.1) is 13.8 Å². The quantitative estimate of drug-likeness (QED) is 0.786. The third-order valence-electron chi connectivity index (χ3n) is 3.50. The molecule has 1 aromatic rings. The molecular weight excluding hydrogens is 256 g/mol. The molecule has 3 N–H and O–H groups in total. The summed E-state index contributed by atoms with van der Waals surface area (Å²) in [6, 6.07) is 6.86. The van der Waals surface area contributed by atoms with E-state index in [0.717, 1.165) is 12.8 Å². The summed E-state index contributed by atoms with van der Waals surface area (Å²) in [5.41, 5.74) is 7.43. The molecule has 0 aromatic heterocycles. The van der Waals surface area contributed by atoms with E-state index < -0.39 is 5.54 Å². The highest BCUT2D eigenvalue weighted by Crippen LogP contribution is 2.29. The first-order valence-electron chi connectivity index (χ1n) is 6.68. The van der Waals surface area contributed by atoms with Crippen LogP contribution in [0.4, 0.5) is 0 Å². The highest BCUT2D eigenvalue weighted by atomic mass is 32.2. The maximum absolute atomic E-state index is 11.7. The number of aryl methyl sites for hydroxylation is 2. The summed E-state index contributed by atoms with van der Waals surface area (Å²) in [4.78, 5) is 12.9. The minimum Gasteiger partial charge on any atom is -0.368 e. The predicted molar refractivity (Wildman–Crippen MR) is 80.4 cm³/mol. The molecule has 1 fully saturated rings. The number of carbonyl (C=O) groups excluding carboxylic acids is 1. The van der Waals surface area contributed by atoms with Crippen LogP contribution in [0.15, 0.2) is 23.1 Å². The monoisotopic (exact) mass is 278 g/mol. The van der Waals surface area contributed by atoms with Crippen molar-refractivity contribution in [2.24, 2.45) is 5.73 Å². The van der Waals surface area contributed by atoms with Crippen molar-refractivity contribution in [2.75, 3.05) is 5.75 Å². The van der Waals surface area contributed by atoms with Gasteiger partial charge in [-0.15, -0.1) is 11.8 Å². The lowest BCUT2D eigenvalue weighted by molar-refractivity contribution is -0.123. The minimum atomic E-state index is -0.623. The zero-order chi connectivity index (χ0) is 14.0. The van der Waals surface area contributed by atoms with Gasteiger partial charge in [0.2, 0.25) is 5.91 Å². The van der Waals surface area contributed by atoms with Crippen LogP contribution in [-0.4, -0.2) is 23.2 Å². The van der Waals surface area contributed by atoms with Crippen LogP contribution in [0.3, 0.4) is 0 Å². The highest BCUT2D eigenvalue weighted by Gasteiger charge is 2.37. The molecule has 104 valence electrons. The maximum Gasteiger partial charge on any atom is 0.238 e. The molecule has 2 rings (SSSR count). The molecule has 0 bridgehead atoms. The first-order valence-corrected chi connectivity index (χ1v) is 7.67. The number of rotatable bonds is 6. The molecule has 1 amide bonds. The van der Waals surface area contributed by atoms with Crippen LogP contribution in [0.25, 0.3) is 0 Å². The smallest absolute Gasteiger partial charge is 0.238 e. The summed E-state index contributed by atoms with van der Waals surface area (Å²) >= 11 is 1.70. The Hall–Kier alpha value is -1.00. The van der Waals surface area contributed by atoms with Crippen LogP contribution in [0.2, 0.25) is 0 Å². The zero-order valence-electron chi connectivity index (χ0n) is 11.8. The van der Waals surface area contributed by atoms with Gasteiger partial charge in [0.1, 0.15) is 5.54 Å². The van der Waals surface area contributed by atoms with Gasteiger partial charge in [-0.25, -0.2) is 0 Å². The first-order chi connectivity index (χ1) is 8.90. The molecule has 0 heterocycles. The molecule has 3 nitrogen and oxygen atoms in total. The predicted octanol–water partition coefficient (Wildman–Crippen LogP) is 2.39. The Morgan fingerprint density at radius 1 is 1.47 bits per heavy atom. The van der Waals surface area contributed by atoms with Gasteiger partial charge in [0.15, 0.2) is 0 Å². The van der Waals surface area contributed by atoms with Crippen molar-refractivity contribution in [3.63, 3.8) is 0 Å². The van der Waals surface area contributed by atoms with Gasteiger partial charge in [-0.3, -0.25) is 4.79 Å². The fourth-order valence-corrected chi connectivity index (χ4v) is 3.18. The first kappa shape index (κ1) is 14.4. The molecule has 0 aliphatic heterocycles. The Morgan fingerprint density at radius 3 is 2.74 bits per heavy atom. The van der Waals surface area contributed by atoms with Gasteiger partial charge < -0.3 is 11.1 Å². The summed E-state index contributed by atoms with van der Waals surface area (Å²) in [5.74, 6) is 0.403. The fraction of sp³-hybridized carbons (Fsp3) is 0.533. The summed E-state index contributed by atoms with van der Waals surface area (Å²) < 4.78 is 0. The molecule has 1 aliphatic rings. The fourth-order valence-electron chi connectivity index (χ4n) is 1.95. The number of nitrogens with two attached hydrogens (primary N) is 1. The molecule has 1 aromatic carbocycles. The van der Waals surface area contributed by atoms with Gasteiger partial charge in [-0.1, -0.05) is 17.7 Å². The normalized spacial score (nSPS) is 18.1. The summed E-state index contributed by atoms with van der Waals surface area (Å²) in [6.45, 7) is 6.09. The van der Waals surface area contributed by atoms with Gasteiger partial charge in [0.05, 0.1) is 0 Å². The van der Waals surface area contributed by atoms with E-state index in [0.29, 0.717) is 11.8 Å². The van der Waals surface area contributed by atoms with Crippen molar-refractivity contribution in [2.45, 2.75) is 50.1 Å². The SMILES string of the molecule is Cc1ccc(C)c(SCC(C)(NC2CC2)C(N)=O)c1. The van der Waals surface area contributed by atoms with E-state index in [1.165, 1.54) is 16.0 Å². The molecule has 0 radical (unpaired) electrons. The Kier molecular flexibility index (Phi) is 4.21. The van der Waals surface area contributed by atoms with Gasteiger partial charge in [0, 0.05) is 16.7 Å². The number of primary amides is 1.